The zero-order valence-corrected chi connectivity index (χ0v) is 11.4. The maximum Gasteiger partial charge on any atom is 0.410 e. The van der Waals surface area contributed by atoms with Crippen molar-refractivity contribution >= 4 is 6.09 Å². The molecule has 1 aliphatic rings. The number of phenols is 1. The molecule has 104 valence electrons. The Kier molecular flexibility index (Phi) is 3.39. The molecule has 1 aliphatic heterocycles. The van der Waals surface area contributed by atoms with Crippen LogP contribution in [0.5, 0.6) is 5.75 Å². The average Bonchev–Trinajstić information content (AvgIpc) is 2.25. The molecule has 2 rings (SSSR count). The zero-order valence-electron chi connectivity index (χ0n) is 11.4. The first-order valence-electron chi connectivity index (χ1n) is 6.24. The SMILES string of the molecule is CC(C)(C)OC(=O)N1CCc2cc(F)cc(O)c2C1. The van der Waals surface area contributed by atoms with Crippen molar-refractivity contribution in [1.82, 2.24) is 4.90 Å². The van der Waals surface area contributed by atoms with Gasteiger partial charge in [-0.25, -0.2) is 9.18 Å². The molecule has 1 aromatic carbocycles. The number of rotatable bonds is 0. The van der Waals surface area contributed by atoms with Gasteiger partial charge >= 0.3 is 6.09 Å². The van der Waals surface area contributed by atoms with Crippen LogP contribution in [0.2, 0.25) is 0 Å². The van der Waals surface area contributed by atoms with Crippen molar-refractivity contribution in [3.05, 3.63) is 29.1 Å². The molecule has 0 aromatic heterocycles. The number of hydrogen-bond donors (Lipinski definition) is 1. The van der Waals surface area contributed by atoms with Gasteiger partial charge in [-0.15, -0.1) is 0 Å². The lowest BCUT2D eigenvalue weighted by Gasteiger charge is -2.31. The topological polar surface area (TPSA) is 49.8 Å². The molecule has 0 spiro atoms. The smallest absolute Gasteiger partial charge is 0.410 e. The lowest BCUT2D eigenvalue weighted by molar-refractivity contribution is 0.0222. The summed E-state index contributed by atoms with van der Waals surface area (Å²) < 4.78 is 18.5. The van der Waals surface area contributed by atoms with Crippen LogP contribution in [-0.2, 0) is 17.7 Å². The van der Waals surface area contributed by atoms with Crippen LogP contribution in [0, 0.1) is 5.82 Å². The molecule has 5 heteroatoms. The first-order chi connectivity index (χ1) is 8.76. The van der Waals surface area contributed by atoms with Crippen LogP contribution in [0.1, 0.15) is 31.9 Å². The van der Waals surface area contributed by atoms with Crippen molar-refractivity contribution in [1.29, 1.82) is 0 Å². The second-order valence-corrected chi connectivity index (χ2v) is 5.71. The molecular weight excluding hydrogens is 249 g/mol. The minimum absolute atomic E-state index is 0.108. The highest BCUT2D eigenvalue weighted by molar-refractivity contribution is 5.69. The third-order valence-corrected chi connectivity index (χ3v) is 2.94. The summed E-state index contributed by atoms with van der Waals surface area (Å²) in [6.07, 6.45) is 0.0989. The number of carbonyl (C=O) groups is 1. The second-order valence-electron chi connectivity index (χ2n) is 5.71. The van der Waals surface area contributed by atoms with Crippen LogP contribution in [0.4, 0.5) is 9.18 Å². The van der Waals surface area contributed by atoms with E-state index in [-0.39, 0.29) is 12.3 Å². The van der Waals surface area contributed by atoms with E-state index in [1.807, 2.05) is 0 Å². The first-order valence-corrected chi connectivity index (χ1v) is 6.24. The van der Waals surface area contributed by atoms with Gasteiger partial charge in [0.2, 0.25) is 0 Å². The Morgan fingerprint density at radius 2 is 2.11 bits per heavy atom. The summed E-state index contributed by atoms with van der Waals surface area (Å²) in [4.78, 5) is 13.5. The van der Waals surface area contributed by atoms with Gasteiger partial charge in [-0.05, 0) is 38.8 Å². The van der Waals surface area contributed by atoms with E-state index in [0.29, 0.717) is 18.5 Å². The van der Waals surface area contributed by atoms with E-state index in [1.165, 1.54) is 11.0 Å². The molecule has 0 bridgehead atoms. The molecule has 19 heavy (non-hydrogen) atoms. The first kappa shape index (κ1) is 13.6. The van der Waals surface area contributed by atoms with Gasteiger partial charge in [-0.3, -0.25) is 0 Å². The normalized spacial score (nSPS) is 15.1. The van der Waals surface area contributed by atoms with Gasteiger partial charge < -0.3 is 14.7 Å². The minimum Gasteiger partial charge on any atom is -0.507 e. The molecule has 0 radical (unpaired) electrons. The Balaban J connectivity index is 2.16. The molecule has 0 aliphatic carbocycles. The number of nitrogens with zero attached hydrogens (tertiary/aromatic N) is 1. The number of carbonyl (C=O) groups excluding carboxylic acids is 1. The Bertz CT molecular complexity index is 508. The quantitative estimate of drug-likeness (QED) is 0.786. The van der Waals surface area contributed by atoms with Crippen molar-refractivity contribution in [3.63, 3.8) is 0 Å². The van der Waals surface area contributed by atoms with Crippen LogP contribution >= 0.6 is 0 Å². The number of aromatic hydroxyl groups is 1. The summed E-state index contributed by atoms with van der Waals surface area (Å²) in [5.41, 5.74) is 0.790. The highest BCUT2D eigenvalue weighted by Gasteiger charge is 2.27. The van der Waals surface area contributed by atoms with E-state index in [1.54, 1.807) is 20.8 Å². The zero-order chi connectivity index (χ0) is 14.2. The van der Waals surface area contributed by atoms with Gasteiger partial charge in [0.05, 0.1) is 6.54 Å². The van der Waals surface area contributed by atoms with E-state index >= 15 is 0 Å². The maximum absolute atomic E-state index is 13.2. The molecule has 4 nitrogen and oxygen atoms in total. The Hall–Kier alpha value is -1.78. The average molecular weight is 267 g/mol. The molecule has 1 aromatic rings. The van der Waals surface area contributed by atoms with Crippen molar-refractivity contribution < 1.29 is 19.0 Å². The van der Waals surface area contributed by atoms with Crippen molar-refractivity contribution in [2.45, 2.75) is 39.3 Å². The summed E-state index contributed by atoms with van der Waals surface area (Å²) in [5.74, 6) is -0.565. The fourth-order valence-electron chi connectivity index (χ4n) is 2.09. The van der Waals surface area contributed by atoms with Crippen LogP contribution < -0.4 is 0 Å². The van der Waals surface area contributed by atoms with Crippen LogP contribution in [-0.4, -0.2) is 28.2 Å². The van der Waals surface area contributed by atoms with E-state index < -0.39 is 17.5 Å². The highest BCUT2D eigenvalue weighted by atomic mass is 19.1. The number of phenolic OH excluding ortho intramolecular Hbond substituents is 1. The largest absolute Gasteiger partial charge is 0.507 e. The minimum atomic E-state index is -0.553. The van der Waals surface area contributed by atoms with Crippen LogP contribution in [0.25, 0.3) is 0 Å². The Morgan fingerprint density at radius 1 is 1.42 bits per heavy atom. The maximum atomic E-state index is 13.2. The van der Waals surface area contributed by atoms with Crippen LogP contribution in [0.3, 0.4) is 0 Å². The van der Waals surface area contributed by atoms with Crippen molar-refractivity contribution in [2.75, 3.05) is 6.54 Å². The molecule has 1 heterocycles. The number of amides is 1. The molecular formula is C14H18FNO3. The predicted molar refractivity (Wildman–Crippen MR) is 68.4 cm³/mol. The molecule has 0 saturated carbocycles. The van der Waals surface area contributed by atoms with Crippen LogP contribution in [0.15, 0.2) is 12.1 Å². The molecule has 0 atom stereocenters. The van der Waals surface area contributed by atoms with Crippen molar-refractivity contribution in [2.24, 2.45) is 0 Å². The Morgan fingerprint density at radius 3 is 2.74 bits per heavy atom. The van der Waals surface area contributed by atoms with Gasteiger partial charge in [0.25, 0.3) is 0 Å². The number of fused-ring (bicyclic) bond motifs is 1. The van der Waals surface area contributed by atoms with E-state index in [0.717, 1.165) is 11.6 Å². The van der Waals surface area contributed by atoms with E-state index in [4.69, 9.17) is 4.74 Å². The van der Waals surface area contributed by atoms with Gasteiger partial charge in [-0.1, -0.05) is 0 Å². The fraction of sp³-hybridized carbons (Fsp3) is 0.500. The monoisotopic (exact) mass is 267 g/mol. The summed E-state index contributed by atoms with van der Waals surface area (Å²) in [6.45, 7) is 6.11. The summed E-state index contributed by atoms with van der Waals surface area (Å²) >= 11 is 0. The van der Waals surface area contributed by atoms with E-state index in [9.17, 15) is 14.3 Å². The summed E-state index contributed by atoms with van der Waals surface area (Å²) in [5, 5.41) is 9.75. The molecule has 0 saturated heterocycles. The third kappa shape index (κ3) is 3.16. The number of ether oxygens (including phenoxy) is 1. The molecule has 1 N–H and O–H groups in total. The van der Waals surface area contributed by atoms with Gasteiger partial charge in [-0.2, -0.15) is 0 Å². The van der Waals surface area contributed by atoms with Gasteiger partial charge in [0.1, 0.15) is 17.2 Å². The molecule has 0 fully saturated rings. The third-order valence-electron chi connectivity index (χ3n) is 2.94. The predicted octanol–water partition coefficient (Wildman–Crippen LogP) is 2.82. The number of benzene rings is 1. The summed E-state index contributed by atoms with van der Waals surface area (Å²) in [6, 6.07) is 2.47. The molecule has 1 amide bonds. The van der Waals surface area contributed by atoms with Crippen molar-refractivity contribution in [3.8, 4) is 5.75 Å². The lowest BCUT2D eigenvalue weighted by atomic mass is 9.99. The highest BCUT2D eigenvalue weighted by Crippen LogP contribution is 2.29. The summed E-state index contributed by atoms with van der Waals surface area (Å²) in [7, 11) is 0. The molecule has 0 unspecified atom stereocenters. The van der Waals surface area contributed by atoms with Gasteiger partial charge in [0.15, 0.2) is 0 Å². The number of hydrogen-bond acceptors (Lipinski definition) is 3. The lowest BCUT2D eigenvalue weighted by Crippen LogP contribution is -2.39. The number of halogens is 1. The standard InChI is InChI=1S/C14H18FNO3/c1-14(2,3)19-13(18)16-5-4-9-6-10(15)7-12(17)11(9)8-16/h6-7,17H,4-5,8H2,1-3H3. The Labute approximate surface area is 111 Å². The van der Waals surface area contributed by atoms with E-state index in [2.05, 4.69) is 0 Å². The fourth-order valence-corrected chi connectivity index (χ4v) is 2.09. The van der Waals surface area contributed by atoms with Gasteiger partial charge in [0, 0.05) is 18.2 Å². The second kappa shape index (κ2) is 4.72.